The number of allylic oxidation sites excluding steroid dienone is 2. The summed E-state index contributed by atoms with van der Waals surface area (Å²) in [5.74, 6) is 0.884. The van der Waals surface area contributed by atoms with Gasteiger partial charge in [-0.15, -0.1) is 6.58 Å². The highest BCUT2D eigenvalue weighted by molar-refractivity contribution is 6.77. The topological polar surface area (TPSA) is 26.3 Å². The Balaban J connectivity index is 2.91. The largest absolute Gasteiger partial charge is 0.463 e. The molecule has 1 aliphatic carbocycles. The van der Waals surface area contributed by atoms with Gasteiger partial charge >= 0.3 is 5.97 Å². The van der Waals surface area contributed by atoms with Crippen LogP contribution < -0.4 is 0 Å². The van der Waals surface area contributed by atoms with Gasteiger partial charge in [-0.05, 0) is 37.6 Å². The lowest BCUT2D eigenvalue weighted by Crippen LogP contribution is -2.25. The van der Waals surface area contributed by atoms with Gasteiger partial charge in [0.2, 0.25) is 0 Å². The van der Waals surface area contributed by atoms with E-state index < -0.39 is 8.07 Å². The first-order valence-corrected chi connectivity index (χ1v) is 11.6. The molecule has 0 aliphatic heterocycles. The zero-order valence-corrected chi connectivity index (χ0v) is 14.6. The highest BCUT2D eigenvalue weighted by atomic mass is 28.3. The second kappa shape index (κ2) is 7.82. The Morgan fingerprint density at radius 2 is 1.85 bits per heavy atom. The minimum atomic E-state index is -1.32. The third-order valence-corrected chi connectivity index (χ3v) is 5.29. The molecule has 2 nitrogen and oxygen atoms in total. The fourth-order valence-corrected chi connectivity index (χ4v) is 4.35. The van der Waals surface area contributed by atoms with Gasteiger partial charge in [0.1, 0.15) is 0 Å². The van der Waals surface area contributed by atoms with Crippen molar-refractivity contribution in [2.24, 2.45) is 11.8 Å². The van der Waals surface area contributed by atoms with Gasteiger partial charge in [-0.2, -0.15) is 0 Å². The molecule has 0 aromatic carbocycles. The molecule has 3 heteroatoms. The Kier molecular flexibility index (Phi) is 6.73. The van der Waals surface area contributed by atoms with Crippen molar-refractivity contribution in [3.63, 3.8) is 0 Å². The predicted molar refractivity (Wildman–Crippen MR) is 88.5 cm³/mol. The number of rotatable bonds is 6. The molecule has 0 amide bonds. The van der Waals surface area contributed by atoms with Crippen LogP contribution in [0.1, 0.15) is 32.6 Å². The molecule has 0 saturated heterocycles. The lowest BCUT2D eigenvalue weighted by Gasteiger charge is -2.28. The number of hydrogen-bond acceptors (Lipinski definition) is 2. The van der Waals surface area contributed by atoms with E-state index >= 15 is 0 Å². The molecule has 20 heavy (non-hydrogen) atoms. The molecule has 0 aromatic rings. The molecular weight excluding hydrogens is 264 g/mol. The molecule has 0 spiro atoms. The molecule has 0 heterocycles. The van der Waals surface area contributed by atoms with Crippen LogP contribution in [0.5, 0.6) is 0 Å². The summed E-state index contributed by atoms with van der Waals surface area (Å²) in [6.07, 6.45) is 9.19. The zero-order chi connectivity index (χ0) is 15.2. The van der Waals surface area contributed by atoms with Crippen LogP contribution in [0.2, 0.25) is 25.7 Å². The van der Waals surface area contributed by atoms with Crippen LogP contribution in [0.25, 0.3) is 0 Å². The second-order valence-electron chi connectivity index (χ2n) is 7.00. The van der Waals surface area contributed by atoms with Crippen LogP contribution in [0.4, 0.5) is 0 Å². The summed E-state index contributed by atoms with van der Waals surface area (Å²) in [5.41, 5.74) is 0.907. The third kappa shape index (κ3) is 5.66. The first-order chi connectivity index (χ1) is 9.37. The van der Waals surface area contributed by atoms with Gasteiger partial charge in [-0.1, -0.05) is 44.6 Å². The molecule has 0 unspecified atom stereocenters. The lowest BCUT2D eigenvalue weighted by atomic mass is 9.78. The fourth-order valence-electron chi connectivity index (χ4n) is 2.94. The van der Waals surface area contributed by atoms with Crippen molar-refractivity contribution in [1.29, 1.82) is 0 Å². The van der Waals surface area contributed by atoms with E-state index in [2.05, 4.69) is 38.4 Å². The Labute approximate surface area is 125 Å². The van der Waals surface area contributed by atoms with E-state index in [4.69, 9.17) is 4.74 Å². The van der Waals surface area contributed by atoms with Crippen LogP contribution in [-0.4, -0.2) is 20.7 Å². The van der Waals surface area contributed by atoms with Crippen LogP contribution in [0, 0.1) is 11.8 Å². The van der Waals surface area contributed by atoms with Gasteiger partial charge in [-0.25, -0.2) is 4.79 Å². The van der Waals surface area contributed by atoms with Gasteiger partial charge in [0.05, 0.1) is 6.61 Å². The minimum Gasteiger partial charge on any atom is -0.463 e. The summed E-state index contributed by atoms with van der Waals surface area (Å²) in [6.45, 7) is 13.2. The SMILES string of the molecule is C=C[C@H]1CCCC[C@H]1/C=C(\C[Si](C)(C)C)C(=O)OCC. The van der Waals surface area contributed by atoms with E-state index in [-0.39, 0.29) is 5.97 Å². The summed E-state index contributed by atoms with van der Waals surface area (Å²) in [4.78, 5) is 12.2. The van der Waals surface area contributed by atoms with Crippen molar-refractivity contribution >= 4 is 14.0 Å². The first kappa shape index (κ1) is 17.2. The summed E-state index contributed by atoms with van der Waals surface area (Å²) < 4.78 is 5.25. The third-order valence-electron chi connectivity index (χ3n) is 3.85. The normalized spacial score (nSPS) is 24.3. The van der Waals surface area contributed by atoms with Gasteiger partial charge in [0.15, 0.2) is 0 Å². The van der Waals surface area contributed by atoms with Gasteiger partial charge < -0.3 is 4.74 Å². The van der Waals surface area contributed by atoms with Crippen molar-refractivity contribution in [3.8, 4) is 0 Å². The van der Waals surface area contributed by atoms with Crippen LogP contribution in [0.15, 0.2) is 24.3 Å². The maximum Gasteiger partial charge on any atom is 0.333 e. The Hall–Kier alpha value is -0.833. The number of carbonyl (C=O) groups excluding carboxylic acids is 1. The number of esters is 1. The average Bonchev–Trinajstić information content (AvgIpc) is 2.37. The molecular formula is C17H30O2Si. The molecule has 1 saturated carbocycles. The molecule has 114 valence electrons. The maximum absolute atomic E-state index is 12.2. The summed E-state index contributed by atoms with van der Waals surface area (Å²) in [5, 5.41) is 0. The van der Waals surface area contributed by atoms with Gasteiger partial charge in [0.25, 0.3) is 0 Å². The first-order valence-electron chi connectivity index (χ1n) is 7.87. The molecule has 0 bridgehead atoms. The van der Waals surface area contributed by atoms with Gasteiger partial charge in [-0.3, -0.25) is 0 Å². The van der Waals surface area contributed by atoms with E-state index in [1.54, 1.807) is 0 Å². The molecule has 1 rings (SSSR count). The fraction of sp³-hybridized carbons (Fsp3) is 0.706. The number of ether oxygens (including phenoxy) is 1. The van der Waals surface area contributed by atoms with Crippen molar-refractivity contribution in [3.05, 3.63) is 24.3 Å². The molecule has 0 aromatic heterocycles. The highest BCUT2D eigenvalue weighted by Crippen LogP contribution is 2.33. The highest BCUT2D eigenvalue weighted by Gasteiger charge is 2.26. The quantitative estimate of drug-likeness (QED) is 0.304. The lowest BCUT2D eigenvalue weighted by molar-refractivity contribution is -0.138. The van der Waals surface area contributed by atoms with E-state index in [1.807, 2.05) is 6.92 Å². The van der Waals surface area contributed by atoms with E-state index in [9.17, 15) is 4.79 Å². The number of hydrogen-bond donors (Lipinski definition) is 0. The van der Waals surface area contributed by atoms with E-state index in [1.165, 1.54) is 25.7 Å². The molecule has 1 aliphatic rings. The van der Waals surface area contributed by atoms with Crippen LogP contribution in [0.3, 0.4) is 0 Å². The Morgan fingerprint density at radius 3 is 2.35 bits per heavy atom. The smallest absolute Gasteiger partial charge is 0.333 e. The molecule has 1 fully saturated rings. The molecule has 2 atom stereocenters. The van der Waals surface area contributed by atoms with Crippen molar-refractivity contribution in [2.45, 2.75) is 58.3 Å². The van der Waals surface area contributed by atoms with Crippen LogP contribution >= 0.6 is 0 Å². The zero-order valence-electron chi connectivity index (χ0n) is 13.6. The Bertz CT molecular complexity index is 366. The minimum absolute atomic E-state index is 0.108. The van der Waals surface area contributed by atoms with Crippen molar-refractivity contribution < 1.29 is 9.53 Å². The summed E-state index contributed by atoms with van der Waals surface area (Å²) in [7, 11) is -1.32. The molecule has 0 radical (unpaired) electrons. The average molecular weight is 295 g/mol. The standard InChI is InChI=1S/C17H30O2Si/c1-6-14-10-8-9-11-15(14)12-16(13-20(3,4)5)17(18)19-7-2/h6,12,14-15H,1,7-11,13H2,2-5H3/b16-12+/t14-,15-/m0/s1. The number of carbonyl (C=O) groups is 1. The van der Waals surface area contributed by atoms with Crippen molar-refractivity contribution in [1.82, 2.24) is 0 Å². The second-order valence-corrected chi connectivity index (χ2v) is 12.5. The van der Waals surface area contributed by atoms with Crippen LogP contribution in [-0.2, 0) is 9.53 Å². The van der Waals surface area contributed by atoms with E-state index in [0.29, 0.717) is 18.4 Å². The Morgan fingerprint density at radius 1 is 1.25 bits per heavy atom. The predicted octanol–water partition coefficient (Wildman–Crippen LogP) is 4.81. The van der Waals surface area contributed by atoms with Gasteiger partial charge in [0, 0.05) is 13.6 Å². The van der Waals surface area contributed by atoms with Crippen molar-refractivity contribution in [2.75, 3.05) is 6.61 Å². The summed E-state index contributed by atoms with van der Waals surface area (Å²) >= 11 is 0. The molecule has 0 N–H and O–H groups in total. The monoisotopic (exact) mass is 294 g/mol. The van der Waals surface area contributed by atoms with E-state index in [0.717, 1.165) is 11.6 Å². The summed E-state index contributed by atoms with van der Waals surface area (Å²) in [6, 6.07) is 0.909. The maximum atomic E-state index is 12.2.